The van der Waals surface area contributed by atoms with Gasteiger partial charge in [-0.2, -0.15) is 0 Å². The first-order chi connectivity index (χ1) is 7.75. The van der Waals surface area contributed by atoms with E-state index in [1.165, 1.54) is 36.1 Å². The van der Waals surface area contributed by atoms with Gasteiger partial charge in [-0.25, -0.2) is 0 Å². The van der Waals surface area contributed by atoms with Crippen LogP contribution in [-0.2, 0) is 0 Å². The van der Waals surface area contributed by atoms with Gasteiger partial charge < -0.3 is 17.7 Å². The maximum absolute atomic E-state index is 4.58. The molecule has 0 spiro atoms. The third kappa shape index (κ3) is 4.04. The molecule has 0 unspecified atom stereocenters. The molecule has 1 aliphatic heterocycles. The number of nitrogens with zero attached hydrogens (tertiary/aromatic N) is 1. The van der Waals surface area contributed by atoms with E-state index in [0.29, 0.717) is 0 Å². The highest BCUT2D eigenvalue weighted by Gasteiger charge is 2.04. The Morgan fingerprint density at radius 2 is 1.88 bits per heavy atom. The molecule has 1 aromatic rings. The van der Waals surface area contributed by atoms with Gasteiger partial charge in [-0.15, -0.1) is 0 Å². The van der Waals surface area contributed by atoms with Crippen molar-refractivity contribution < 1.29 is 12.4 Å². The Bertz CT molecular complexity index is 399. The highest BCUT2D eigenvalue weighted by molar-refractivity contribution is 5.95. The summed E-state index contributed by atoms with van der Waals surface area (Å²) in [4.78, 5) is 4.58. The number of hydrogen-bond acceptors (Lipinski definition) is 2. The van der Waals surface area contributed by atoms with Gasteiger partial charge in [0.1, 0.15) is 5.84 Å². The summed E-state index contributed by atoms with van der Waals surface area (Å²) in [5, 5.41) is 3.44. The fourth-order valence-corrected chi connectivity index (χ4v) is 1.96. The largest absolute Gasteiger partial charge is 1.00 e. The summed E-state index contributed by atoms with van der Waals surface area (Å²) < 4.78 is 0. The second-order valence-corrected chi connectivity index (χ2v) is 4.56. The van der Waals surface area contributed by atoms with Gasteiger partial charge in [-0.3, -0.25) is 4.99 Å². The molecule has 0 bridgehead atoms. The number of hydrogen-bond donors (Lipinski definition) is 1. The maximum atomic E-state index is 4.58. The van der Waals surface area contributed by atoms with Gasteiger partial charge in [0.25, 0.3) is 0 Å². The first-order valence-corrected chi connectivity index (χ1v) is 6.13. The number of aliphatic imine (C=N–C) groups is 1. The molecule has 2 rings (SSSR count). The molecular formula is C14H20ClN2-. The predicted molar refractivity (Wildman–Crippen MR) is 70.3 cm³/mol. The van der Waals surface area contributed by atoms with E-state index in [0.717, 1.165) is 18.8 Å². The van der Waals surface area contributed by atoms with E-state index in [4.69, 9.17) is 0 Å². The molecule has 1 N–H and O–H groups in total. The highest BCUT2D eigenvalue weighted by atomic mass is 35.5. The van der Waals surface area contributed by atoms with Crippen molar-refractivity contribution in [2.24, 2.45) is 4.99 Å². The summed E-state index contributed by atoms with van der Waals surface area (Å²) in [7, 11) is 0. The van der Waals surface area contributed by atoms with E-state index < -0.39 is 0 Å². The molecule has 1 aromatic carbocycles. The Morgan fingerprint density at radius 3 is 2.65 bits per heavy atom. The summed E-state index contributed by atoms with van der Waals surface area (Å²) >= 11 is 0. The Balaban J connectivity index is 0.00000144. The zero-order valence-corrected chi connectivity index (χ0v) is 11.3. The van der Waals surface area contributed by atoms with Crippen LogP contribution in [0.1, 0.15) is 36.8 Å². The number of halogens is 1. The smallest absolute Gasteiger partial charge is 0.101 e. The van der Waals surface area contributed by atoms with Gasteiger partial charge >= 0.3 is 0 Å². The first kappa shape index (κ1) is 14.0. The van der Waals surface area contributed by atoms with Crippen LogP contribution in [-0.4, -0.2) is 12.4 Å². The minimum atomic E-state index is 0. The predicted octanol–water partition coefficient (Wildman–Crippen LogP) is 0.692. The molecule has 1 aliphatic rings. The van der Waals surface area contributed by atoms with Crippen LogP contribution in [0.2, 0.25) is 0 Å². The Morgan fingerprint density at radius 1 is 1.06 bits per heavy atom. The average Bonchev–Trinajstić information content (AvgIpc) is 2.52. The van der Waals surface area contributed by atoms with E-state index in [2.05, 4.69) is 42.4 Å². The summed E-state index contributed by atoms with van der Waals surface area (Å²) in [5.41, 5.74) is 3.84. The molecule has 0 saturated carbocycles. The van der Waals surface area contributed by atoms with Crippen LogP contribution in [0.3, 0.4) is 0 Å². The molecule has 2 nitrogen and oxygen atoms in total. The minimum Gasteiger partial charge on any atom is -1.00 e. The van der Waals surface area contributed by atoms with E-state index in [1.54, 1.807) is 0 Å². The third-order valence-electron chi connectivity index (χ3n) is 3.17. The van der Waals surface area contributed by atoms with E-state index in [-0.39, 0.29) is 12.4 Å². The van der Waals surface area contributed by atoms with Crippen molar-refractivity contribution >= 4 is 11.5 Å². The summed E-state index contributed by atoms with van der Waals surface area (Å²) in [5.74, 6) is 1.15. The molecule has 94 valence electrons. The Labute approximate surface area is 110 Å². The fourth-order valence-electron chi connectivity index (χ4n) is 1.96. The molecule has 0 aromatic heterocycles. The maximum Gasteiger partial charge on any atom is 0.101 e. The SMILES string of the molecule is Cc1ccc(NC2=NCCCCC2)cc1C.[Cl-]. The number of benzene rings is 1. The van der Waals surface area contributed by atoms with Crippen molar-refractivity contribution in [3.05, 3.63) is 29.3 Å². The van der Waals surface area contributed by atoms with Crippen molar-refractivity contribution in [1.82, 2.24) is 0 Å². The monoisotopic (exact) mass is 251 g/mol. The fraction of sp³-hybridized carbons (Fsp3) is 0.500. The molecule has 0 saturated heterocycles. The molecular weight excluding hydrogens is 232 g/mol. The lowest BCUT2D eigenvalue weighted by Crippen LogP contribution is -3.00. The van der Waals surface area contributed by atoms with Crippen LogP contribution in [0.4, 0.5) is 5.69 Å². The van der Waals surface area contributed by atoms with Gasteiger partial charge in [-0.05, 0) is 49.9 Å². The highest BCUT2D eigenvalue weighted by Crippen LogP contribution is 2.16. The normalized spacial score (nSPS) is 15.5. The molecule has 3 heteroatoms. The molecule has 0 aliphatic carbocycles. The number of aryl methyl sites for hydroxylation is 2. The second-order valence-electron chi connectivity index (χ2n) is 4.56. The van der Waals surface area contributed by atoms with Gasteiger partial charge in [0.2, 0.25) is 0 Å². The molecule has 0 atom stereocenters. The number of rotatable bonds is 1. The van der Waals surface area contributed by atoms with Crippen molar-refractivity contribution in [1.29, 1.82) is 0 Å². The summed E-state index contributed by atoms with van der Waals surface area (Å²) in [6, 6.07) is 6.49. The van der Waals surface area contributed by atoms with Crippen LogP contribution in [0.25, 0.3) is 0 Å². The zero-order chi connectivity index (χ0) is 11.4. The van der Waals surface area contributed by atoms with Gasteiger partial charge in [0, 0.05) is 18.7 Å². The average molecular weight is 252 g/mol. The van der Waals surface area contributed by atoms with Crippen LogP contribution in [0.15, 0.2) is 23.2 Å². The van der Waals surface area contributed by atoms with Crippen molar-refractivity contribution in [2.75, 3.05) is 11.9 Å². The number of amidine groups is 1. The minimum absolute atomic E-state index is 0. The van der Waals surface area contributed by atoms with Crippen molar-refractivity contribution in [3.63, 3.8) is 0 Å². The lowest BCUT2D eigenvalue weighted by atomic mass is 10.1. The number of nitrogens with one attached hydrogen (secondary N) is 1. The van der Waals surface area contributed by atoms with Gasteiger partial charge in [0.15, 0.2) is 0 Å². The van der Waals surface area contributed by atoms with Crippen LogP contribution in [0, 0.1) is 13.8 Å². The third-order valence-corrected chi connectivity index (χ3v) is 3.17. The molecule has 0 radical (unpaired) electrons. The quantitative estimate of drug-likeness (QED) is 0.781. The van der Waals surface area contributed by atoms with Gasteiger partial charge in [0.05, 0.1) is 0 Å². The lowest BCUT2D eigenvalue weighted by Gasteiger charge is -2.10. The van der Waals surface area contributed by atoms with Crippen LogP contribution < -0.4 is 17.7 Å². The van der Waals surface area contributed by atoms with E-state index in [9.17, 15) is 0 Å². The van der Waals surface area contributed by atoms with E-state index in [1.807, 2.05) is 0 Å². The van der Waals surface area contributed by atoms with E-state index >= 15 is 0 Å². The Hall–Kier alpha value is -1.02. The van der Waals surface area contributed by atoms with Crippen LogP contribution in [0.5, 0.6) is 0 Å². The second kappa shape index (κ2) is 6.65. The standard InChI is InChI=1S/C14H20N2.ClH/c1-11-7-8-13(10-12(11)2)16-14-6-4-3-5-9-15-14;/h7-8,10H,3-6,9H2,1-2H3,(H,15,16);1H/p-1. The summed E-state index contributed by atoms with van der Waals surface area (Å²) in [6.07, 6.45) is 4.89. The first-order valence-electron chi connectivity index (χ1n) is 6.13. The molecule has 0 fully saturated rings. The molecule has 0 amide bonds. The topological polar surface area (TPSA) is 24.4 Å². The molecule has 17 heavy (non-hydrogen) atoms. The van der Waals surface area contributed by atoms with Gasteiger partial charge in [-0.1, -0.05) is 12.5 Å². The number of anilines is 1. The zero-order valence-electron chi connectivity index (χ0n) is 10.6. The molecule has 1 heterocycles. The van der Waals surface area contributed by atoms with Crippen molar-refractivity contribution in [2.45, 2.75) is 39.5 Å². The Kier molecular flexibility index (Phi) is 5.49. The van der Waals surface area contributed by atoms with Crippen LogP contribution >= 0.6 is 0 Å². The lowest BCUT2D eigenvalue weighted by molar-refractivity contribution is -0.00000349. The van der Waals surface area contributed by atoms with Crippen molar-refractivity contribution in [3.8, 4) is 0 Å². The summed E-state index contributed by atoms with van der Waals surface area (Å²) in [6.45, 7) is 5.27.